The van der Waals surface area contributed by atoms with E-state index in [4.69, 9.17) is 0 Å². The number of benzene rings is 2. The molecule has 6 nitrogen and oxygen atoms in total. The Bertz CT molecular complexity index is 1090. The first-order valence-electron chi connectivity index (χ1n) is 9.81. The molecule has 0 radical (unpaired) electrons. The van der Waals surface area contributed by atoms with E-state index in [0.717, 1.165) is 29.6 Å². The second-order valence-electron chi connectivity index (χ2n) is 7.43. The van der Waals surface area contributed by atoms with Crippen LogP contribution in [0.1, 0.15) is 28.8 Å². The fourth-order valence-electron chi connectivity index (χ4n) is 3.82. The summed E-state index contributed by atoms with van der Waals surface area (Å²) in [6.07, 6.45) is 3.48. The van der Waals surface area contributed by atoms with E-state index in [2.05, 4.69) is 5.32 Å². The quantitative estimate of drug-likeness (QED) is 0.537. The number of rotatable bonds is 5. The summed E-state index contributed by atoms with van der Waals surface area (Å²) in [5.41, 5.74) is 2.89. The van der Waals surface area contributed by atoms with Gasteiger partial charge in [-0.25, -0.2) is 0 Å². The monoisotopic (exact) mass is 389 g/mol. The molecule has 0 saturated carbocycles. The number of hydrogen-bond acceptors (Lipinski definition) is 3. The number of likely N-dealkylation sites (tertiary alicyclic amines) is 1. The molecule has 0 spiro atoms. The number of ketones is 1. The molecular formula is C23H23N3O3. The predicted molar refractivity (Wildman–Crippen MR) is 112 cm³/mol. The van der Waals surface area contributed by atoms with Crippen LogP contribution in [0.5, 0.6) is 0 Å². The van der Waals surface area contributed by atoms with Crippen molar-refractivity contribution in [1.82, 2.24) is 9.47 Å². The molecule has 2 amide bonds. The molecular weight excluding hydrogens is 366 g/mol. The summed E-state index contributed by atoms with van der Waals surface area (Å²) < 4.78 is 1.73. The van der Waals surface area contributed by atoms with Crippen LogP contribution < -0.4 is 5.32 Å². The molecule has 0 unspecified atom stereocenters. The van der Waals surface area contributed by atoms with Gasteiger partial charge in [-0.05, 0) is 43.5 Å². The minimum absolute atomic E-state index is 0.0552. The lowest BCUT2D eigenvalue weighted by Gasteiger charge is -2.13. The number of nitrogens with one attached hydrogen (secondary N) is 1. The molecule has 1 fully saturated rings. The van der Waals surface area contributed by atoms with Gasteiger partial charge >= 0.3 is 0 Å². The number of hydrogen-bond donors (Lipinski definition) is 1. The molecule has 6 heteroatoms. The van der Waals surface area contributed by atoms with Gasteiger partial charge in [0.15, 0.2) is 0 Å². The van der Waals surface area contributed by atoms with Gasteiger partial charge in [-0.3, -0.25) is 14.4 Å². The van der Waals surface area contributed by atoms with Crippen molar-refractivity contribution in [3.05, 3.63) is 65.9 Å². The normalized spacial score (nSPS) is 13.6. The minimum Gasteiger partial charge on any atom is -0.337 e. The summed E-state index contributed by atoms with van der Waals surface area (Å²) in [7, 11) is 0. The zero-order valence-electron chi connectivity index (χ0n) is 16.4. The van der Waals surface area contributed by atoms with E-state index >= 15 is 0 Å². The van der Waals surface area contributed by atoms with Crippen molar-refractivity contribution in [1.29, 1.82) is 0 Å². The minimum atomic E-state index is -0.513. The molecule has 1 saturated heterocycles. The van der Waals surface area contributed by atoms with Gasteiger partial charge in [0.05, 0.1) is 5.56 Å². The van der Waals surface area contributed by atoms with E-state index in [1.54, 1.807) is 15.7 Å². The molecule has 1 N–H and O–H groups in total. The van der Waals surface area contributed by atoms with Crippen molar-refractivity contribution < 1.29 is 14.4 Å². The summed E-state index contributed by atoms with van der Waals surface area (Å²) in [6.45, 7) is 3.27. The summed E-state index contributed by atoms with van der Waals surface area (Å²) in [5, 5.41) is 3.57. The maximum absolute atomic E-state index is 12.9. The number of amides is 2. The Labute approximate surface area is 169 Å². The van der Waals surface area contributed by atoms with Crippen LogP contribution in [0.25, 0.3) is 10.9 Å². The third kappa shape index (κ3) is 3.92. The molecule has 4 rings (SSSR count). The van der Waals surface area contributed by atoms with E-state index in [0.29, 0.717) is 24.0 Å². The number of para-hydroxylation sites is 1. The number of nitrogens with zero attached hydrogens (tertiary/aromatic N) is 2. The smallest absolute Gasteiger partial charge is 0.295 e. The van der Waals surface area contributed by atoms with Crippen molar-refractivity contribution in [2.24, 2.45) is 0 Å². The van der Waals surface area contributed by atoms with Crippen molar-refractivity contribution in [3.8, 4) is 0 Å². The highest BCUT2D eigenvalue weighted by Crippen LogP contribution is 2.23. The van der Waals surface area contributed by atoms with Crippen molar-refractivity contribution >= 4 is 34.2 Å². The summed E-state index contributed by atoms with van der Waals surface area (Å²) >= 11 is 0. The van der Waals surface area contributed by atoms with Crippen molar-refractivity contribution in [2.45, 2.75) is 26.3 Å². The van der Waals surface area contributed by atoms with Gasteiger partial charge in [0.2, 0.25) is 5.91 Å². The van der Waals surface area contributed by atoms with Gasteiger partial charge < -0.3 is 14.8 Å². The Balaban J connectivity index is 1.59. The van der Waals surface area contributed by atoms with Gasteiger partial charge in [0, 0.05) is 35.9 Å². The largest absolute Gasteiger partial charge is 0.337 e. The van der Waals surface area contributed by atoms with Gasteiger partial charge in [-0.2, -0.15) is 0 Å². The Morgan fingerprint density at radius 3 is 2.52 bits per heavy atom. The molecule has 0 atom stereocenters. The average Bonchev–Trinajstić information content (AvgIpc) is 3.36. The molecule has 0 aliphatic carbocycles. The van der Waals surface area contributed by atoms with Crippen molar-refractivity contribution in [3.63, 3.8) is 0 Å². The number of Topliss-reactive ketones (excluding diaryl/α,β-unsaturated/α-hetero) is 1. The van der Waals surface area contributed by atoms with Crippen LogP contribution in [0.4, 0.5) is 5.69 Å². The van der Waals surface area contributed by atoms with E-state index < -0.39 is 11.7 Å². The van der Waals surface area contributed by atoms with Crippen LogP contribution in [0.3, 0.4) is 0 Å². The fourth-order valence-corrected chi connectivity index (χ4v) is 3.82. The molecule has 1 aliphatic heterocycles. The molecule has 0 bridgehead atoms. The Kier molecular flexibility index (Phi) is 5.16. The van der Waals surface area contributed by atoms with E-state index in [-0.39, 0.29) is 12.5 Å². The first kappa shape index (κ1) is 18.9. The predicted octanol–water partition coefficient (Wildman–Crippen LogP) is 3.39. The SMILES string of the molecule is Cc1cccc(NC(=O)Cn2cc(C(=O)C(=O)N3CCCC3)c3ccccc32)c1. The van der Waals surface area contributed by atoms with Crippen LogP contribution >= 0.6 is 0 Å². The highest BCUT2D eigenvalue weighted by atomic mass is 16.2. The van der Waals surface area contributed by atoms with E-state index in [1.165, 1.54) is 0 Å². The Morgan fingerprint density at radius 2 is 1.76 bits per heavy atom. The van der Waals surface area contributed by atoms with Crippen LogP contribution in [0.2, 0.25) is 0 Å². The standard InChI is InChI=1S/C23H23N3O3/c1-16-7-6-8-17(13-16)24-21(27)15-26-14-19(18-9-2-3-10-20(18)26)22(28)23(29)25-11-4-5-12-25/h2-3,6-10,13-14H,4-5,11-12,15H2,1H3,(H,24,27). The highest BCUT2D eigenvalue weighted by Gasteiger charge is 2.28. The average molecular weight is 389 g/mol. The number of carbonyl (C=O) groups excluding carboxylic acids is 3. The summed E-state index contributed by atoms with van der Waals surface area (Å²) in [4.78, 5) is 39.6. The lowest BCUT2D eigenvalue weighted by atomic mass is 10.1. The summed E-state index contributed by atoms with van der Waals surface area (Å²) in [5.74, 6) is -1.17. The highest BCUT2D eigenvalue weighted by molar-refractivity contribution is 6.44. The lowest BCUT2D eigenvalue weighted by Crippen LogP contribution is -2.34. The van der Waals surface area contributed by atoms with Gasteiger partial charge in [-0.1, -0.05) is 30.3 Å². The topological polar surface area (TPSA) is 71.4 Å². The van der Waals surface area contributed by atoms with Crippen molar-refractivity contribution in [2.75, 3.05) is 18.4 Å². The third-order valence-electron chi connectivity index (χ3n) is 5.24. The summed E-state index contributed by atoms with van der Waals surface area (Å²) in [6, 6.07) is 14.9. The first-order chi connectivity index (χ1) is 14.0. The van der Waals surface area contributed by atoms with Gasteiger partial charge in [0.1, 0.15) is 6.54 Å². The Morgan fingerprint density at radius 1 is 1.00 bits per heavy atom. The fraction of sp³-hybridized carbons (Fsp3) is 0.261. The van der Waals surface area contributed by atoms with Crippen LogP contribution in [0, 0.1) is 6.92 Å². The molecule has 148 valence electrons. The molecule has 2 heterocycles. The molecule has 1 aromatic heterocycles. The zero-order valence-corrected chi connectivity index (χ0v) is 16.4. The van der Waals surface area contributed by atoms with Gasteiger partial charge in [-0.15, -0.1) is 0 Å². The number of aryl methyl sites for hydroxylation is 1. The first-order valence-corrected chi connectivity index (χ1v) is 9.81. The molecule has 3 aromatic rings. The molecule has 2 aromatic carbocycles. The second kappa shape index (κ2) is 7.91. The lowest BCUT2D eigenvalue weighted by molar-refractivity contribution is -0.125. The van der Waals surface area contributed by atoms with E-state index in [9.17, 15) is 14.4 Å². The van der Waals surface area contributed by atoms with Crippen LogP contribution in [-0.2, 0) is 16.1 Å². The number of anilines is 1. The number of fused-ring (bicyclic) bond motifs is 1. The maximum atomic E-state index is 12.9. The van der Waals surface area contributed by atoms with Crippen LogP contribution in [0.15, 0.2) is 54.7 Å². The number of aromatic nitrogens is 1. The Hall–Kier alpha value is -3.41. The van der Waals surface area contributed by atoms with Crippen LogP contribution in [-0.4, -0.2) is 40.2 Å². The number of carbonyl (C=O) groups is 3. The van der Waals surface area contributed by atoms with Gasteiger partial charge in [0.25, 0.3) is 11.7 Å². The maximum Gasteiger partial charge on any atom is 0.295 e. The third-order valence-corrected chi connectivity index (χ3v) is 5.24. The zero-order chi connectivity index (χ0) is 20.4. The molecule has 1 aliphatic rings. The van der Waals surface area contributed by atoms with E-state index in [1.807, 2.05) is 55.5 Å². The second-order valence-corrected chi connectivity index (χ2v) is 7.43. The molecule has 29 heavy (non-hydrogen) atoms.